The monoisotopic (exact) mass is 800 g/mol. The highest BCUT2D eigenvalue weighted by Gasteiger charge is 2.35. The molecule has 3 heteroatoms. The Labute approximate surface area is 361 Å². The first-order valence-electron chi connectivity index (χ1n) is 21.7. The third-order valence-electron chi connectivity index (χ3n) is 13.6. The minimum absolute atomic E-state index is 0.220. The Morgan fingerprint density at radius 3 is 1.84 bits per heavy atom. The van der Waals surface area contributed by atoms with E-state index in [2.05, 4.69) is 196 Å². The standard InChI is InChI=1S/C59H45FN2/c1-58(2,3)55-46-31-29-44-51-35-48(42-28-30-45(53(46)52(42)44)54-43-26-15-16-27-50(43)61(57(54)55)40-22-11-7-12-23-40)59(4,5)39-21-17-20-37(32-39)47-33-38(36-18-9-6-10-19-36)34-49(60)56(47)62(51)41-24-13-8-14-25-41/h6-35H,1-5H3. The molecule has 0 saturated carbocycles. The molecule has 0 atom stereocenters. The van der Waals surface area contributed by atoms with Crippen LogP contribution in [-0.4, -0.2) is 4.57 Å². The Bertz CT molecular complexity index is 3570. The molecule has 4 bridgehead atoms. The van der Waals surface area contributed by atoms with Gasteiger partial charge in [0, 0.05) is 38.5 Å². The largest absolute Gasteiger partial charge is 0.309 e. The van der Waals surface area contributed by atoms with Crippen LogP contribution >= 0.6 is 0 Å². The fourth-order valence-corrected chi connectivity index (χ4v) is 10.9. The quantitative estimate of drug-likeness (QED) is 0.162. The molecular weight excluding hydrogens is 756 g/mol. The van der Waals surface area contributed by atoms with E-state index in [4.69, 9.17) is 0 Å². The molecule has 1 aliphatic heterocycles. The molecular formula is C59H45FN2. The molecule has 0 amide bonds. The Kier molecular flexibility index (Phi) is 7.76. The summed E-state index contributed by atoms with van der Waals surface area (Å²) in [6.45, 7) is 11.8. The van der Waals surface area contributed by atoms with E-state index < -0.39 is 5.41 Å². The first-order chi connectivity index (χ1) is 30.1. The molecule has 10 aromatic carbocycles. The number of rotatable bonds is 3. The second kappa shape index (κ2) is 13.1. The number of fused-ring (bicyclic) bond motifs is 12. The van der Waals surface area contributed by atoms with Crippen molar-refractivity contribution in [2.75, 3.05) is 4.90 Å². The SMILES string of the molecule is CC(C)(C)c1c2ccc3c4cc(c5ccc(c2c35)c2c3ccccc3n(-c3ccccc3)c12)C(C)(C)c1cccc(c1)-c1cc(-c2ccccc2)cc(F)c1N4c1ccccc1. The molecule has 0 N–H and O–H groups in total. The Balaban J connectivity index is 1.30. The van der Waals surface area contributed by atoms with Crippen LogP contribution in [0.15, 0.2) is 182 Å². The first kappa shape index (κ1) is 36.6. The van der Waals surface area contributed by atoms with Gasteiger partial charge in [0.25, 0.3) is 0 Å². The summed E-state index contributed by atoms with van der Waals surface area (Å²) in [6.07, 6.45) is 0. The maximum atomic E-state index is 17.8. The fourth-order valence-electron chi connectivity index (χ4n) is 10.9. The van der Waals surface area contributed by atoms with Gasteiger partial charge in [-0.1, -0.05) is 168 Å². The van der Waals surface area contributed by atoms with Gasteiger partial charge in [0.15, 0.2) is 0 Å². The normalized spacial score (nSPS) is 13.7. The van der Waals surface area contributed by atoms with Crippen LogP contribution in [0.4, 0.5) is 21.5 Å². The number of halogens is 1. The minimum Gasteiger partial charge on any atom is -0.309 e. The average Bonchev–Trinajstić information content (AvgIpc) is 3.63. The Morgan fingerprint density at radius 2 is 1.10 bits per heavy atom. The third-order valence-corrected chi connectivity index (χ3v) is 13.6. The maximum absolute atomic E-state index is 17.8. The number of nitrogens with zero attached hydrogens (tertiary/aromatic N) is 2. The van der Waals surface area contributed by atoms with E-state index in [1.807, 2.05) is 24.3 Å². The van der Waals surface area contributed by atoms with E-state index in [1.165, 1.54) is 65.4 Å². The van der Waals surface area contributed by atoms with Crippen LogP contribution in [0.25, 0.3) is 82.1 Å². The number of anilines is 3. The molecule has 0 aliphatic carbocycles. The summed E-state index contributed by atoms with van der Waals surface area (Å²) in [5.74, 6) is -0.270. The number of para-hydroxylation sites is 3. The molecule has 2 heterocycles. The van der Waals surface area contributed by atoms with Crippen molar-refractivity contribution in [2.45, 2.75) is 45.4 Å². The second-order valence-corrected chi connectivity index (χ2v) is 18.6. The number of hydrogen-bond acceptors (Lipinski definition) is 1. The summed E-state index contributed by atoms with van der Waals surface area (Å²) in [4.78, 5) is 2.20. The van der Waals surface area contributed by atoms with Crippen LogP contribution in [0.5, 0.6) is 0 Å². The van der Waals surface area contributed by atoms with Gasteiger partial charge >= 0.3 is 0 Å². The zero-order valence-corrected chi connectivity index (χ0v) is 35.6. The maximum Gasteiger partial charge on any atom is 0.148 e. The van der Waals surface area contributed by atoms with Crippen molar-refractivity contribution in [3.8, 4) is 27.9 Å². The van der Waals surface area contributed by atoms with Gasteiger partial charge in [-0.15, -0.1) is 0 Å². The summed E-state index contributed by atoms with van der Waals surface area (Å²) in [5, 5.41) is 9.76. The van der Waals surface area contributed by atoms with Gasteiger partial charge in [-0.3, -0.25) is 0 Å². The average molecular weight is 801 g/mol. The summed E-state index contributed by atoms with van der Waals surface area (Å²) in [5.41, 5.74) is 12.7. The molecule has 2 nitrogen and oxygen atoms in total. The van der Waals surface area contributed by atoms with E-state index >= 15 is 4.39 Å². The smallest absolute Gasteiger partial charge is 0.148 e. The lowest BCUT2D eigenvalue weighted by Crippen LogP contribution is -2.22. The molecule has 0 unspecified atom stereocenters. The van der Waals surface area contributed by atoms with Gasteiger partial charge in [-0.25, -0.2) is 4.39 Å². The van der Waals surface area contributed by atoms with E-state index in [-0.39, 0.29) is 11.2 Å². The first-order valence-corrected chi connectivity index (χ1v) is 21.7. The van der Waals surface area contributed by atoms with Crippen molar-refractivity contribution in [1.29, 1.82) is 0 Å². The van der Waals surface area contributed by atoms with Crippen molar-refractivity contribution in [3.63, 3.8) is 0 Å². The van der Waals surface area contributed by atoms with Crippen molar-refractivity contribution >= 4 is 71.2 Å². The zero-order valence-electron chi connectivity index (χ0n) is 35.6. The van der Waals surface area contributed by atoms with Crippen molar-refractivity contribution in [3.05, 3.63) is 204 Å². The van der Waals surface area contributed by atoms with Crippen LogP contribution in [-0.2, 0) is 10.8 Å². The van der Waals surface area contributed by atoms with Gasteiger partial charge < -0.3 is 9.47 Å². The van der Waals surface area contributed by atoms with E-state index in [0.717, 1.165) is 44.7 Å². The molecule has 1 aromatic heterocycles. The zero-order chi connectivity index (χ0) is 42.1. The summed E-state index contributed by atoms with van der Waals surface area (Å²) >= 11 is 0. The van der Waals surface area contributed by atoms with Gasteiger partial charge in [-0.05, 0) is 114 Å². The molecule has 0 fully saturated rings. The molecule has 0 saturated heterocycles. The van der Waals surface area contributed by atoms with E-state index in [9.17, 15) is 0 Å². The topological polar surface area (TPSA) is 8.17 Å². The Hall–Kier alpha value is -7.23. The lowest BCUT2D eigenvalue weighted by atomic mass is 9.73. The van der Waals surface area contributed by atoms with Crippen LogP contribution in [0, 0.1) is 5.82 Å². The molecule has 62 heavy (non-hydrogen) atoms. The van der Waals surface area contributed by atoms with E-state index in [0.29, 0.717) is 5.69 Å². The molecule has 0 radical (unpaired) electrons. The molecule has 1 aliphatic rings. The fraction of sp³-hybridized carbons (Fsp3) is 0.119. The summed E-state index contributed by atoms with van der Waals surface area (Å²) in [6, 6.07) is 64.7. The highest BCUT2D eigenvalue weighted by atomic mass is 19.1. The van der Waals surface area contributed by atoms with Gasteiger partial charge in [0.05, 0.1) is 22.4 Å². The number of aromatic nitrogens is 1. The minimum atomic E-state index is -0.423. The van der Waals surface area contributed by atoms with Crippen molar-refractivity contribution < 1.29 is 4.39 Å². The highest BCUT2D eigenvalue weighted by Crippen LogP contribution is 2.55. The van der Waals surface area contributed by atoms with E-state index in [1.54, 1.807) is 6.07 Å². The third kappa shape index (κ3) is 5.15. The van der Waals surface area contributed by atoms with Crippen LogP contribution in [0.2, 0.25) is 0 Å². The van der Waals surface area contributed by atoms with Gasteiger partial charge in [0.2, 0.25) is 0 Å². The molecule has 12 rings (SSSR count). The Morgan fingerprint density at radius 1 is 0.484 bits per heavy atom. The van der Waals surface area contributed by atoms with Gasteiger partial charge in [-0.2, -0.15) is 0 Å². The summed E-state index contributed by atoms with van der Waals surface area (Å²) in [7, 11) is 0. The van der Waals surface area contributed by atoms with Crippen molar-refractivity contribution in [2.24, 2.45) is 0 Å². The number of benzene rings is 10. The molecule has 0 spiro atoms. The highest BCUT2D eigenvalue weighted by molar-refractivity contribution is 6.36. The lowest BCUT2D eigenvalue weighted by molar-refractivity contribution is 0.599. The molecule has 298 valence electrons. The van der Waals surface area contributed by atoms with Gasteiger partial charge in [0.1, 0.15) is 5.82 Å². The van der Waals surface area contributed by atoms with Crippen LogP contribution in [0.1, 0.15) is 51.3 Å². The van der Waals surface area contributed by atoms with Crippen LogP contribution < -0.4 is 4.90 Å². The van der Waals surface area contributed by atoms with Crippen LogP contribution in [0.3, 0.4) is 0 Å². The molecule has 11 aromatic rings. The summed E-state index contributed by atoms with van der Waals surface area (Å²) < 4.78 is 20.3. The lowest BCUT2D eigenvalue weighted by Gasteiger charge is -2.36. The predicted octanol–water partition coefficient (Wildman–Crippen LogP) is 16.6. The van der Waals surface area contributed by atoms with Crippen molar-refractivity contribution in [1.82, 2.24) is 4.57 Å². The predicted molar refractivity (Wildman–Crippen MR) is 261 cm³/mol. The number of hydrogen-bond donors (Lipinski definition) is 0. The second-order valence-electron chi connectivity index (χ2n) is 18.6.